The lowest BCUT2D eigenvalue weighted by Crippen LogP contribution is -1.95. The van der Waals surface area contributed by atoms with Gasteiger partial charge in [-0.1, -0.05) is 20.4 Å². The van der Waals surface area contributed by atoms with E-state index in [4.69, 9.17) is 5.73 Å². The van der Waals surface area contributed by atoms with Crippen LogP contribution in [0.5, 0.6) is 0 Å². The van der Waals surface area contributed by atoms with Crippen molar-refractivity contribution in [1.29, 1.82) is 0 Å². The van der Waals surface area contributed by atoms with Gasteiger partial charge in [0.2, 0.25) is 0 Å². The van der Waals surface area contributed by atoms with Gasteiger partial charge < -0.3 is 10.7 Å². The number of H-pyrrole nitrogens is 1. The van der Waals surface area contributed by atoms with Crippen LogP contribution < -0.4 is 5.73 Å². The van der Waals surface area contributed by atoms with Crippen LogP contribution in [0.15, 0.2) is 12.9 Å². The summed E-state index contributed by atoms with van der Waals surface area (Å²) >= 11 is 0. The highest BCUT2D eigenvalue weighted by atomic mass is 14.9. The van der Waals surface area contributed by atoms with Crippen LogP contribution in [0.3, 0.4) is 0 Å². The number of aromatic nitrogens is 2. The quantitative estimate of drug-likeness (QED) is 0.644. The molecule has 0 aliphatic rings. The van der Waals surface area contributed by atoms with Gasteiger partial charge in [0.1, 0.15) is 5.69 Å². The molecule has 0 saturated carbocycles. The van der Waals surface area contributed by atoms with Gasteiger partial charge in [-0.3, -0.25) is 0 Å². The topological polar surface area (TPSA) is 54.7 Å². The Hall–Kier alpha value is -1.25. The van der Waals surface area contributed by atoms with Gasteiger partial charge in [-0.25, -0.2) is 4.98 Å². The Morgan fingerprint density at radius 3 is 2.36 bits per heavy atom. The Kier molecular flexibility index (Phi) is 4.03. The molecule has 1 heterocycles. The average molecular weight is 153 g/mol. The maximum absolute atomic E-state index is 5.38. The van der Waals surface area contributed by atoms with Gasteiger partial charge in [-0.15, -0.1) is 0 Å². The van der Waals surface area contributed by atoms with Crippen molar-refractivity contribution < 1.29 is 0 Å². The minimum Gasteiger partial charge on any atom is -0.397 e. The van der Waals surface area contributed by atoms with Crippen molar-refractivity contribution in [1.82, 2.24) is 9.97 Å². The van der Waals surface area contributed by atoms with Crippen LogP contribution in [0.1, 0.15) is 25.2 Å². The largest absolute Gasteiger partial charge is 0.397 e. The third-order valence-electron chi connectivity index (χ3n) is 1.13. The van der Waals surface area contributed by atoms with Crippen molar-refractivity contribution in [3.8, 4) is 0 Å². The van der Waals surface area contributed by atoms with Crippen molar-refractivity contribution in [3.63, 3.8) is 0 Å². The van der Waals surface area contributed by atoms with Crippen LogP contribution >= 0.6 is 0 Å². The Morgan fingerprint density at radius 1 is 1.64 bits per heavy atom. The third kappa shape index (κ3) is 2.45. The fourth-order valence-electron chi connectivity index (χ4n) is 0.683. The SMILES string of the molecule is C=C(N)c1nc[nH]c1C.CC. The van der Waals surface area contributed by atoms with Crippen LogP contribution in [-0.2, 0) is 0 Å². The highest BCUT2D eigenvalue weighted by Crippen LogP contribution is 2.05. The number of aryl methyl sites for hydroxylation is 1. The molecule has 3 nitrogen and oxygen atoms in total. The molecule has 0 fully saturated rings. The molecule has 3 heteroatoms. The molecule has 0 spiro atoms. The minimum atomic E-state index is 0.508. The summed E-state index contributed by atoms with van der Waals surface area (Å²) in [5, 5.41) is 0. The molecular weight excluding hydrogens is 138 g/mol. The van der Waals surface area contributed by atoms with E-state index in [-0.39, 0.29) is 0 Å². The summed E-state index contributed by atoms with van der Waals surface area (Å²) in [6.07, 6.45) is 1.60. The van der Waals surface area contributed by atoms with Gasteiger partial charge in [-0.05, 0) is 6.92 Å². The van der Waals surface area contributed by atoms with E-state index in [0.717, 1.165) is 11.4 Å². The summed E-state index contributed by atoms with van der Waals surface area (Å²) in [6, 6.07) is 0. The molecule has 0 bridgehead atoms. The molecule has 0 saturated heterocycles. The molecule has 11 heavy (non-hydrogen) atoms. The zero-order valence-corrected chi connectivity index (χ0v) is 7.31. The molecule has 0 atom stereocenters. The number of aromatic amines is 1. The van der Waals surface area contributed by atoms with E-state index in [0.29, 0.717) is 5.70 Å². The lowest BCUT2D eigenvalue weighted by Gasteiger charge is -1.92. The molecule has 0 radical (unpaired) electrons. The second-order valence-corrected chi connectivity index (χ2v) is 1.90. The van der Waals surface area contributed by atoms with Gasteiger partial charge in [-0.2, -0.15) is 0 Å². The predicted molar refractivity (Wildman–Crippen MR) is 47.9 cm³/mol. The lowest BCUT2D eigenvalue weighted by atomic mass is 10.3. The molecule has 3 N–H and O–H groups in total. The van der Waals surface area contributed by atoms with Gasteiger partial charge in [0.05, 0.1) is 12.0 Å². The number of rotatable bonds is 1. The van der Waals surface area contributed by atoms with Crippen molar-refractivity contribution in [3.05, 3.63) is 24.3 Å². The van der Waals surface area contributed by atoms with E-state index in [9.17, 15) is 0 Å². The number of nitrogens with one attached hydrogen (secondary N) is 1. The van der Waals surface area contributed by atoms with Crippen molar-refractivity contribution >= 4 is 5.70 Å². The summed E-state index contributed by atoms with van der Waals surface area (Å²) in [6.45, 7) is 9.46. The van der Waals surface area contributed by atoms with E-state index < -0.39 is 0 Å². The molecule has 1 aromatic rings. The molecule has 0 aliphatic heterocycles. The Balaban J connectivity index is 0.000000461. The van der Waals surface area contributed by atoms with Crippen molar-refractivity contribution in [2.24, 2.45) is 5.73 Å². The molecule has 0 aromatic carbocycles. The first-order chi connectivity index (χ1) is 5.22. The molecule has 1 aromatic heterocycles. The normalized spacial score (nSPS) is 8.27. The van der Waals surface area contributed by atoms with Crippen LogP contribution in [-0.4, -0.2) is 9.97 Å². The second kappa shape index (κ2) is 4.55. The highest BCUT2D eigenvalue weighted by Gasteiger charge is 1.99. The van der Waals surface area contributed by atoms with E-state index in [2.05, 4.69) is 16.5 Å². The Labute approximate surface area is 67.3 Å². The zero-order valence-electron chi connectivity index (χ0n) is 7.31. The number of imidazole rings is 1. The zero-order chi connectivity index (χ0) is 8.85. The van der Waals surface area contributed by atoms with Crippen LogP contribution in [0.25, 0.3) is 5.70 Å². The summed E-state index contributed by atoms with van der Waals surface area (Å²) in [5.74, 6) is 0. The third-order valence-corrected chi connectivity index (χ3v) is 1.13. The second-order valence-electron chi connectivity index (χ2n) is 1.90. The standard InChI is InChI=1S/C6H9N3.C2H6/c1-4(7)6-5(2)8-3-9-6;1-2/h3H,1,7H2,2H3,(H,8,9);1-2H3. The van der Waals surface area contributed by atoms with E-state index in [1.54, 1.807) is 6.33 Å². The van der Waals surface area contributed by atoms with Gasteiger partial charge in [0, 0.05) is 5.69 Å². The van der Waals surface area contributed by atoms with Crippen LogP contribution in [0.4, 0.5) is 0 Å². The fraction of sp³-hybridized carbons (Fsp3) is 0.375. The predicted octanol–water partition coefficient (Wildman–Crippen LogP) is 1.67. The van der Waals surface area contributed by atoms with Gasteiger partial charge in [0.15, 0.2) is 0 Å². The van der Waals surface area contributed by atoms with Crippen molar-refractivity contribution in [2.75, 3.05) is 0 Å². The monoisotopic (exact) mass is 153 g/mol. The first-order valence-corrected chi connectivity index (χ1v) is 3.66. The molecule has 0 amide bonds. The number of nitrogens with zero attached hydrogens (tertiary/aromatic N) is 1. The molecular formula is C8H15N3. The molecule has 62 valence electrons. The minimum absolute atomic E-state index is 0.508. The summed E-state index contributed by atoms with van der Waals surface area (Å²) in [7, 11) is 0. The van der Waals surface area contributed by atoms with Gasteiger partial charge in [0.25, 0.3) is 0 Å². The summed E-state index contributed by atoms with van der Waals surface area (Å²) in [5.41, 5.74) is 7.61. The Morgan fingerprint density at radius 2 is 2.18 bits per heavy atom. The molecule has 0 aliphatic carbocycles. The maximum atomic E-state index is 5.38. The number of nitrogens with two attached hydrogens (primary N) is 1. The average Bonchev–Trinajstić information content (AvgIpc) is 2.39. The molecule has 0 unspecified atom stereocenters. The first-order valence-electron chi connectivity index (χ1n) is 3.66. The van der Waals surface area contributed by atoms with E-state index in [1.165, 1.54) is 0 Å². The van der Waals surface area contributed by atoms with Crippen LogP contribution in [0, 0.1) is 6.92 Å². The smallest absolute Gasteiger partial charge is 0.106 e. The van der Waals surface area contributed by atoms with Crippen molar-refractivity contribution in [2.45, 2.75) is 20.8 Å². The first kappa shape index (κ1) is 9.75. The van der Waals surface area contributed by atoms with Gasteiger partial charge >= 0.3 is 0 Å². The fourth-order valence-corrected chi connectivity index (χ4v) is 0.683. The maximum Gasteiger partial charge on any atom is 0.106 e. The summed E-state index contributed by atoms with van der Waals surface area (Å²) in [4.78, 5) is 6.83. The molecule has 1 rings (SSSR count). The highest BCUT2D eigenvalue weighted by molar-refractivity contribution is 5.58. The lowest BCUT2D eigenvalue weighted by molar-refractivity contribution is 1.25. The van der Waals surface area contributed by atoms with Crippen LogP contribution in [0.2, 0.25) is 0 Å². The summed E-state index contributed by atoms with van der Waals surface area (Å²) < 4.78 is 0. The Bertz CT molecular complexity index is 225. The van der Waals surface area contributed by atoms with E-state index >= 15 is 0 Å². The number of hydrogen-bond donors (Lipinski definition) is 2. The number of hydrogen-bond acceptors (Lipinski definition) is 2. The van der Waals surface area contributed by atoms with E-state index in [1.807, 2.05) is 20.8 Å².